The van der Waals surface area contributed by atoms with Crippen LogP contribution in [0.5, 0.6) is 5.75 Å². The van der Waals surface area contributed by atoms with Crippen molar-refractivity contribution in [2.75, 3.05) is 26.4 Å². The third-order valence-corrected chi connectivity index (χ3v) is 3.41. The standard InChI is InChI=1S/C20H31NO7/c1-6-25-17(18(23)26-7-2)16(22)14-8-10-15(11-9-14)27-13-12-21-19(24)28-20(3,4)5/h8-11,16-17,22H,6-7,12-13H2,1-5H3,(H,21,24). The predicted octanol–water partition coefficient (Wildman–Crippen LogP) is 2.59. The van der Waals surface area contributed by atoms with E-state index in [1.807, 2.05) is 0 Å². The Kier molecular flexibility index (Phi) is 9.75. The Morgan fingerprint density at radius 2 is 1.75 bits per heavy atom. The summed E-state index contributed by atoms with van der Waals surface area (Å²) in [5, 5.41) is 13.0. The zero-order chi connectivity index (χ0) is 21.2. The van der Waals surface area contributed by atoms with Crippen LogP contribution >= 0.6 is 0 Å². The average molecular weight is 397 g/mol. The number of nitrogens with one attached hydrogen (secondary N) is 1. The van der Waals surface area contributed by atoms with E-state index in [4.69, 9.17) is 18.9 Å². The molecule has 0 heterocycles. The highest BCUT2D eigenvalue weighted by Crippen LogP contribution is 2.23. The molecule has 2 unspecified atom stereocenters. The van der Waals surface area contributed by atoms with Crippen LogP contribution in [0, 0.1) is 0 Å². The summed E-state index contributed by atoms with van der Waals surface area (Å²) in [6.45, 7) is 9.81. The lowest BCUT2D eigenvalue weighted by atomic mass is 10.0. The largest absolute Gasteiger partial charge is 0.492 e. The molecule has 0 aliphatic rings. The SMILES string of the molecule is CCOC(=O)C(OCC)C(O)c1ccc(OCCNC(=O)OC(C)(C)C)cc1. The molecule has 28 heavy (non-hydrogen) atoms. The number of ether oxygens (including phenoxy) is 4. The maximum absolute atomic E-state index is 12.0. The van der Waals surface area contributed by atoms with Gasteiger partial charge in [0.2, 0.25) is 0 Å². The van der Waals surface area contributed by atoms with E-state index in [0.717, 1.165) is 0 Å². The molecular weight excluding hydrogens is 366 g/mol. The Bertz CT molecular complexity index is 610. The van der Waals surface area contributed by atoms with Crippen molar-refractivity contribution in [3.63, 3.8) is 0 Å². The smallest absolute Gasteiger partial charge is 0.407 e. The first kappa shape index (κ1) is 23.7. The van der Waals surface area contributed by atoms with Gasteiger partial charge in [0, 0.05) is 6.61 Å². The van der Waals surface area contributed by atoms with Gasteiger partial charge in [-0.2, -0.15) is 0 Å². The van der Waals surface area contributed by atoms with Gasteiger partial charge in [-0.1, -0.05) is 12.1 Å². The van der Waals surface area contributed by atoms with E-state index in [1.165, 1.54) is 0 Å². The van der Waals surface area contributed by atoms with Gasteiger partial charge >= 0.3 is 12.1 Å². The molecule has 0 bridgehead atoms. The summed E-state index contributed by atoms with van der Waals surface area (Å²) in [5.41, 5.74) is -0.0458. The van der Waals surface area contributed by atoms with Crippen LogP contribution in [0.2, 0.25) is 0 Å². The van der Waals surface area contributed by atoms with Crippen molar-refractivity contribution in [3.8, 4) is 5.75 Å². The van der Waals surface area contributed by atoms with E-state index >= 15 is 0 Å². The first-order valence-electron chi connectivity index (χ1n) is 9.33. The Hall–Kier alpha value is -2.32. The monoisotopic (exact) mass is 397 g/mol. The molecule has 158 valence electrons. The fourth-order valence-electron chi connectivity index (χ4n) is 2.26. The fraction of sp³-hybridized carbons (Fsp3) is 0.600. The van der Waals surface area contributed by atoms with Gasteiger partial charge in [-0.05, 0) is 52.3 Å². The molecule has 0 saturated carbocycles. The third kappa shape index (κ3) is 8.58. The molecule has 1 aromatic rings. The van der Waals surface area contributed by atoms with E-state index in [-0.39, 0.29) is 26.4 Å². The summed E-state index contributed by atoms with van der Waals surface area (Å²) < 4.78 is 20.9. The van der Waals surface area contributed by atoms with Gasteiger partial charge in [-0.15, -0.1) is 0 Å². The molecule has 0 aliphatic carbocycles. The molecule has 0 aromatic heterocycles. The van der Waals surface area contributed by atoms with E-state index in [2.05, 4.69) is 5.32 Å². The van der Waals surface area contributed by atoms with Crippen molar-refractivity contribution in [1.29, 1.82) is 0 Å². The molecule has 8 heteroatoms. The van der Waals surface area contributed by atoms with Crippen LogP contribution in [0.25, 0.3) is 0 Å². The summed E-state index contributed by atoms with van der Waals surface area (Å²) in [6.07, 6.45) is -2.74. The second-order valence-corrected chi connectivity index (χ2v) is 6.92. The van der Waals surface area contributed by atoms with Crippen LogP contribution in [0.3, 0.4) is 0 Å². The second kappa shape index (κ2) is 11.5. The van der Waals surface area contributed by atoms with Crippen molar-refractivity contribution in [1.82, 2.24) is 5.32 Å². The number of aliphatic hydroxyl groups is 1. The minimum atomic E-state index is -1.15. The highest BCUT2D eigenvalue weighted by Gasteiger charge is 2.30. The Morgan fingerprint density at radius 3 is 2.29 bits per heavy atom. The summed E-state index contributed by atoms with van der Waals surface area (Å²) in [6, 6.07) is 6.62. The maximum atomic E-state index is 12.0. The number of aliphatic hydroxyl groups excluding tert-OH is 1. The molecule has 2 atom stereocenters. The summed E-state index contributed by atoms with van der Waals surface area (Å²) in [7, 11) is 0. The zero-order valence-electron chi connectivity index (χ0n) is 17.2. The van der Waals surface area contributed by atoms with E-state index in [1.54, 1.807) is 58.9 Å². The van der Waals surface area contributed by atoms with Gasteiger partial charge in [-0.3, -0.25) is 0 Å². The zero-order valence-corrected chi connectivity index (χ0v) is 17.2. The van der Waals surface area contributed by atoms with Crippen LogP contribution < -0.4 is 10.1 Å². The molecule has 0 spiro atoms. The van der Waals surface area contributed by atoms with Gasteiger partial charge in [0.05, 0.1) is 13.2 Å². The minimum absolute atomic E-state index is 0.208. The molecule has 2 N–H and O–H groups in total. The van der Waals surface area contributed by atoms with E-state index in [0.29, 0.717) is 11.3 Å². The van der Waals surface area contributed by atoms with E-state index in [9.17, 15) is 14.7 Å². The van der Waals surface area contributed by atoms with Crippen molar-refractivity contribution in [2.45, 2.75) is 52.4 Å². The van der Waals surface area contributed by atoms with Crippen molar-refractivity contribution < 1.29 is 33.6 Å². The van der Waals surface area contributed by atoms with E-state index < -0.39 is 29.9 Å². The number of benzene rings is 1. The molecule has 0 saturated heterocycles. The van der Waals surface area contributed by atoms with Crippen LogP contribution in [0.4, 0.5) is 4.79 Å². The van der Waals surface area contributed by atoms with Crippen LogP contribution in [-0.4, -0.2) is 55.2 Å². The quantitative estimate of drug-likeness (QED) is 0.462. The number of amides is 1. The van der Waals surface area contributed by atoms with Gasteiger partial charge in [0.25, 0.3) is 0 Å². The Balaban J connectivity index is 2.53. The lowest BCUT2D eigenvalue weighted by Crippen LogP contribution is -2.34. The Labute approximate surface area is 166 Å². The number of hydrogen-bond acceptors (Lipinski definition) is 7. The number of esters is 1. The van der Waals surface area contributed by atoms with Crippen LogP contribution in [-0.2, 0) is 19.0 Å². The normalized spacial score (nSPS) is 13.4. The molecule has 0 aliphatic heterocycles. The Morgan fingerprint density at radius 1 is 1.11 bits per heavy atom. The summed E-state index contributed by atoms with van der Waals surface area (Å²) in [4.78, 5) is 23.5. The number of carbonyl (C=O) groups is 2. The van der Waals surface area contributed by atoms with Gasteiger partial charge in [0.1, 0.15) is 24.1 Å². The number of carbonyl (C=O) groups excluding carboxylic acids is 2. The topological polar surface area (TPSA) is 103 Å². The first-order valence-corrected chi connectivity index (χ1v) is 9.33. The highest BCUT2D eigenvalue weighted by atomic mass is 16.6. The molecule has 1 rings (SSSR count). The average Bonchev–Trinajstić information content (AvgIpc) is 2.62. The lowest BCUT2D eigenvalue weighted by Gasteiger charge is -2.21. The molecule has 8 nitrogen and oxygen atoms in total. The van der Waals surface area contributed by atoms with Crippen LogP contribution in [0.1, 0.15) is 46.3 Å². The molecule has 1 aromatic carbocycles. The predicted molar refractivity (Wildman–Crippen MR) is 103 cm³/mol. The molecule has 1 amide bonds. The summed E-state index contributed by atoms with van der Waals surface area (Å²) in [5.74, 6) is -0.0450. The molecule has 0 radical (unpaired) electrons. The van der Waals surface area contributed by atoms with Gasteiger partial charge < -0.3 is 29.4 Å². The minimum Gasteiger partial charge on any atom is -0.492 e. The fourth-order valence-corrected chi connectivity index (χ4v) is 2.26. The summed E-state index contributed by atoms with van der Waals surface area (Å²) >= 11 is 0. The van der Waals surface area contributed by atoms with Gasteiger partial charge in [0.15, 0.2) is 6.10 Å². The highest BCUT2D eigenvalue weighted by molar-refractivity contribution is 5.75. The third-order valence-electron chi connectivity index (χ3n) is 3.41. The molecule has 0 fully saturated rings. The van der Waals surface area contributed by atoms with Crippen molar-refractivity contribution >= 4 is 12.1 Å². The van der Waals surface area contributed by atoms with Crippen molar-refractivity contribution in [2.24, 2.45) is 0 Å². The second-order valence-electron chi connectivity index (χ2n) is 6.92. The number of rotatable bonds is 10. The van der Waals surface area contributed by atoms with Gasteiger partial charge in [-0.25, -0.2) is 9.59 Å². The molecular formula is C20H31NO7. The van der Waals surface area contributed by atoms with Crippen LogP contribution in [0.15, 0.2) is 24.3 Å². The number of alkyl carbamates (subject to hydrolysis) is 1. The first-order chi connectivity index (χ1) is 13.2. The lowest BCUT2D eigenvalue weighted by molar-refractivity contribution is -0.164. The van der Waals surface area contributed by atoms with Crippen molar-refractivity contribution in [3.05, 3.63) is 29.8 Å². The maximum Gasteiger partial charge on any atom is 0.407 e. The number of hydrogen-bond donors (Lipinski definition) is 2.